The zero-order valence-electron chi connectivity index (χ0n) is 13.5. The lowest BCUT2D eigenvalue weighted by Crippen LogP contribution is -2.32. The lowest BCUT2D eigenvalue weighted by Gasteiger charge is -2.09. The molecule has 0 aliphatic carbocycles. The van der Waals surface area contributed by atoms with Gasteiger partial charge in [-0.1, -0.05) is 6.92 Å². The molecule has 1 atom stereocenters. The Labute approximate surface area is 140 Å². The van der Waals surface area contributed by atoms with Crippen molar-refractivity contribution in [2.45, 2.75) is 20.3 Å². The van der Waals surface area contributed by atoms with Crippen LogP contribution in [0.3, 0.4) is 0 Å². The smallest absolute Gasteiger partial charge is 0.226 e. The van der Waals surface area contributed by atoms with E-state index in [9.17, 15) is 4.79 Å². The number of hydrogen-bond acceptors (Lipinski definition) is 5. The third-order valence-electron chi connectivity index (χ3n) is 3.36. The van der Waals surface area contributed by atoms with Crippen LogP contribution in [0.4, 0.5) is 0 Å². The molecule has 124 valence electrons. The number of carbonyl (C=O) groups is 1. The molecule has 0 bridgehead atoms. The van der Waals surface area contributed by atoms with Gasteiger partial charge in [-0.25, -0.2) is 4.98 Å². The summed E-state index contributed by atoms with van der Waals surface area (Å²) in [5.74, 6) is 1.11. The fraction of sp³-hybridized carbons (Fsp3) is 0.412. The summed E-state index contributed by atoms with van der Waals surface area (Å²) >= 11 is 1.54. The predicted molar refractivity (Wildman–Crippen MR) is 93.7 cm³/mol. The molecule has 1 unspecified atom stereocenters. The second kappa shape index (κ2) is 8.64. The van der Waals surface area contributed by atoms with E-state index >= 15 is 0 Å². The highest BCUT2D eigenvalue weighted by molar-refractivity contribution is 7.13. The highest BCUT2D eigenvalue weighted by atomic mass is 32.1. The molecule has 2 aromatic rings. The summed E-state index contributed by atoms with van der Waals surface area (Å²) in [5, 5.41) is 5.72. The molecule has 23 heavy (non-hydrogen) atoms. The first-order chi connectivity index (χ1) is 11.1. The van der Waals surface area contributed by atoms with E-state index in [0.29, 0.717) is 26.1 Å². The Morgan fingerprint density at radius 3 is 2.78 bits per heavy atom. The summed E-state index contributed by atoms with van der Waals surface area (Å²) in [6.45, 7) is 5.79. The van der Waals surface area contributed by atoms with E-state index in [1.807, 2.05) is 43.5 Å². The summed E-state index contributed by atoms with van der Waals surface area (Å²) in [5.41, 5.74) is 7.36. The summed E-state index contributed by atoms with van der Waals surface area (Å²) in [6.07, 6.45) is 0.296. The van der Waals surface area contributed by atoms with E-state index in [4.69, 9.17) is 10.5 Å². The van der Waals surface area contributed by atoms with Crippen molar-refractivity contribution < 1.29 is 9.53 Å². The van der Waals surface area contributed by atoms with E-state index in [1.54, 1.807) is 11.3 Å². The molecule has 0 aliphatic heterocycles. The van der Waals surface area contributed by atoms with Crippen LogP contribution >= 0.6 is 11.3 Å². The largest absolute Gasteiger partial charge is 0.494 e. The van der Waals surface area contributed by atoms with Gasteiger partial charge in [0.15, 0.2) is 0 Å². The van der Waals surface area contributed by atoms with Crippen molar-refractivity contribution in [1.82, 2.24) is 10.3 Å². The summed E-state index contributed by atoms with van der Waals surface area (Å²) < 4.78 is 5.43. The van der Waals surface area contributed by atoms with E-state index in [0.717, 1.165) is 22.0 Å². The zero-order chi connectivity index (χ0) is 16.7. The van der Waals surface area contributed by atoms with Gasteiger partial charge >= 0.3 is 0 Å². The topological polar surface area (TPSA) is 77.2 Å². The fourth-order valence-electron chi connectivity index (χ4n) is 1.98. The minimum atomic E-state index is -0.0196. The zero-order valence-corrected chi connectivity index (χ0v) is 14.4. The van der Waals surface area contributed by atoms with Crippen LogP contribution in [0.2, 0.25) is 0 Å². The van der Waals surface area contributed by atoms with E-state index in [1.165, 1.54) is 0 Å². The van der Waals surface area contributed by atoms with Crippen molar-refractivity contribution in [3.05, 3.63) is 35.3 Å². The maximum Gasteiger partial charge on any atom is 0.226 e. The number of benzene rings is 1. The van der Waals surface area contributed by atoms with Crippen LogP contribution in [0, 0.1) is 5.92 Å². The SMILES string of the molecule is CCOc1ccc(-c2nc(CC(=O)NCC(C)CN)cs2)cc1. The Morgan fingerprint density at radius 1 is 1.39 bits per heavy atom. The van der Waals surface area contributed by atoms with Gasteiger partial charge < -0.3 is 15.8 Å². The summed E-state index contributed by atoms with van der Waals surface area (Å²) in [6, 6.07) is 7.83. The average Bonchev–Trinajstić information content (AvgIpc) is 3.02. The number of nitrogens with zero attached hydrogens (tertiary/aromatic N) is 1. The quantitative estimate of drug-likeness (QED) is 0.778. The first-order valence-electron chi connectivity index (χ1n) is 7.76. The van der Waals surface area contributed by atoms with E-state index in [2.05, 4.69) is 10.3 Å². The average molecular weight is 333 g/mol. The Morgan fingerprint density at radius 2 is 2.13 bits per heavy atom. The number of thiazole rings is 1. The number of rotatable bonds is 8. The monoisotopic (exact) mass is 333 g/mol. The highest BCUT2D eigenvalue weighted by Gasteiger charge is 2.10. The highest BCUT2D eigenvalue weighted by Crippen LogP contribution is 2.25. The van der Waals surface area contributed by atoms with Gasteiger partial charge in [0, 0.05) is 17.5 Å². The third kappa shape index (κ3) is 5.33. The van der Waals surface area contributed by atoms with Crippen LogP contribution in [-0.2, 0) is 11.2 Å². The van der Waals surface area contributed by atoms with Gasteiger partial charge in [-0.3, -0.25) is 4.79 Å². The number of carbonyl (C=O) groups excluding carboxylic acids is 1. The molecule has 0 spiro atoms. The molecule has 5 nitrogen and oxygen atoms in total. The van der Waals surface area contributed by atoms with Gasteiger partial charge in [0.25, 0.3) is 0 Å². The molecule has 0 saturated carbocycles. The van der Waals surface area contributed by atoms with Crippen LogP contribution in [-0.4, -0.2) is 30.6 Å². The number of aromatic nitrogens is 1. The van der Waals surface area contributed by atoms with Crippen molar-refractivity contribution in [2.75, 3.05) is 19.7 Å². The lowest BCUT2D eigenvalue weighted by atomic mass is 10.2. The summed E-state index contributed by atoms with van der Waals surface area (Å²) in [7, 11) is 0. The predicted octanol–water partition coefficient (Wildman–Crippen LogP) is 2.46. The molecule has 1 aromatic carbocycles. The number of nitrogens with one attached hydrogen (secondary N) is 1. The number of hydrogen-bond donors (Lipinski definition) is 2. The van der Waals surface area contributed by atoms with E-state index < -0.39 is 0 Å². The molecular formula is C17H23N3O2S. The first-order valence-corrected chi connectivity index (χ1v) is 8.64. The molecule has 0 aliphatic rings. The van der Waals surface area contributed by atoms with Gasteiger partial charge in [-0.15, -0.1) is 11.3 Å². The van der Waals surface area contributed by atoms with Gasteiger partial charge in [0.1, 0.15) is 10.8 Å². The Bertz CT molecular complexity index is 625. The normalized spacial score (nSPS) is 12.0. The Kier molecular flexibility index (Phi) is 6.55. The Balaban J connectivity index is 1.93. The van der Waals surface area contributed by atoms with Crippen LogP contribution in [0.5, 0.6) is 5.75 Å². The maximum atomic E-state index is 11.9. The first kappa shape index (κ1) is 17.4. The molecular weight excluding hydrogens is 310 g/mol. The van der Waals surface area contributed by atoms with Crippen molar-refractivity contribution in [2.24, 2.45) is 11.7 Å². The van der Waals surface area contributed by atoms with Crippen LogP contribution < -0.4 is 15.8 Å². The number of amides is 1. The molecule has 0 fully saturated rings. The lowest BCUT2D eigenvalue weighted by molar-refractivity contribution is -0.120. The minimum absolute atomic E-state index is 0.0196. The van der Waals surface area contributed by atoms with Crippen LogP contribution in [0.1, 0.15) is 19.5 Å². The van der Waals surface area contributed by atoms with Gasteiger partial charge in [-0.05, 0) is 43.7 Å². The molecule has 1 aromatic heterocycles. The molecule has 1 amide bonds. The molecule has 0 radical (unpaired) electrons. The van der Waals surface area contributed by atoms with Crippen molar-refractivity contribution >= 4 is 17.2 Å². The standard InChI is InChI=1S/C17H23N3O2S/c1-3-22-15-6-4-13(5-7-15)17-20-14(11-23-17)8-16(21)19-10-12(2)9-18/h4-7,11-12H,3,8-10,18H2,1-2H3,(H,19,21). The maximum absolute atomic E-state index is 11.9. The number of nitrogens with two attached hydrogens (primary N) is 1. The van der Waals surface area contributed by atoms with Crippen LogP contribution in [0.25, 0.3) is 10.6 Å². The van der Waals surface area contributed by atoms with Gasteiger partial charge in [-0.2, -0.15) is 0 Å². The molecule has 0 saturated heterocycles. The minimum Gasteiger partial charge on any atom is -0.494 e. The molecule has 3 N–H and O–H groups in total. The van der Waals surface area contributed by atoms with Gasteiger partial charge in [0.05, 0.1) is 18.7 Å². The second-order valence-electron chi connectivity index (χ2n) is 5.42. The Hall–Kier alpha value is -1.92. The molecule has 6 heteroatoms. The third-order valence-corrected chi connectivity index (χ3v) is 4.30. The van der Waals surface area contributed by atoms with Crippen LogP contribution in [0.15, 0.2) is 29.6 Å². The van der Waals surface area contributed by atoms with Crippen molar-refractivity contribution in [1.29, 1.82) is 0 Å². The molecule has 2 rings (SSSR count). The summed E-state index contributed by atoms with van der Waals surface area (Å²) in [4.78, 5) is 16.4. The fourth-order valence-corrected chi connectivity index (χ4v) is 2.81. The van der Waals surface area contributed by atoms with E-state index in [-0.39, 0.29) is 11.8 Å². The van der Waals surface area contributed by atoms with Gasteiger partial charge in [0.2, 0.25) is 5.91 Å². The number of ether oxygens (including phenoxy) is 1. The van der Waals surface area contributed by atoms with Crippen molar-refractivity contribution in [3.63, 3.8) is 0 Å². The second-order valence-corrected chi connectivity index (χ2v) is 6.28. The molecule has 1 heterocycles. The van der Waals surface area contributed by atoms with Crippen molar-refractivity contribution in [3.8, 4) is 16.3 Å².